The first kappa shape index (κ1) is 27.9. The van der Waals surface area contributed by atoms with Gasteiger partial charge in [-0.25, -0.2) is 14.6 Å². The zero-order valence-corrected chi connectivity index (χ0v) is 23.3. The zero-order chi connectivity index (χ0) is 27.2. The maximum Gasteiger partial charge on any atom is 0.339 e. The van der Waals surface area contributed by atoms with Crippen LogP contribution in [0.1, 0.15) is 39.3 Å². The summed E-state index contributed by atoms with van der Waals surface area (Å²) in [7, 11) is 0. The number of nitrogens with zero attached hydrogens (tertiary/aromatic N) is 4. The van der Waals surface area contributed by atoms with Crippen molar-refractivity contribution < 1.29 is 33.3 Å². The topological polar surface area (TPSA) is 136 Å². The van der Waals surface area contributed by atoms with Gasteiger partial charge in [0.25, 0.3) is 0 Å². The largest absolute Gasteiger partial charge is 0.461 e. The van der Waals surface area contributed by atoms with E-state index in [1.54, 1.807) is 30.9 Å². The molecule has 1 saturated carbocycles. The summed E-state index contributed by atoms with van der Waals surface area (Å²) in [6.07, 6.45) is 2.61. The summed E-state index contributed by atoms with van der Waals surface area (Å²) in [5.74, 6) is -1.94. The van der Waals surface area contributed by atoms with E-state index in [9.17, 15) is 9.59 Å². The summed E-state index contributed by atoms with van der Waals surface area (Å²) in [6.45, 7) is 3.46. The van der Waals surface area contributed by atoms with E-state index in [0.29, 0.717) is 23.3 Å². The monoisotopic (exact) mass is 611 g/mol. The van der Waals surface area contributed by atoms with Crippen LogP contribution in [0.3, 0.4) is 0 Å². The minimum absolute atomic E-state index is 0.127. The molecule has 2 aromatic rings. The van der Waals surface area contributed by atoms with Gasteiger partial charge in [0.1, 0.15) is 36.5 Å². The van der Waals surface area contributed by atoms with Gasteiger partial charge in [0.2, 0.25) is 9.67 Å². The smallest absolute Gasteiger partial charge is 0.339 e. The Bertz CT molecular complexity index is 1200. The molecule has 16 heteroatoms. The van der Waals surface area contributed by atoms with Crippen LogP contribution in [0, 0.1) is 0 Å². The molecule has 5 rings (SSSR count). The number of rotatable bonds is 8. The fourth-order valence-corrected chi connectivity index (χ4v) is 5.25. The quantitative estimate of drug-likeness (QED) is 0.347. The number of imidazole rings is 1. The molecule has 0 spiro atoms. The average molecular weight is 613 g/mol. The molecule has 2 saturated heterocycles. The lowest BCUT2D eigenvalue weighted by atomic mass is 10.1. The Balaban J connectivity index is 1.37. The van der Waals surface area contributed by atoms with Crippen LogP contribution < -0.4 is 5.32 Å². The molecule has 2 aromatic heterocycles. The molecule has 1 aliphatic carbocycles. The maximum atomic E-state index is 11.9. The number of hydrogen-bond acceptors (Lipinski definition) is 11. The Labute approximate surface area is 237 Å². The number of aromatic nitrogens is 4. The van der Waals surface area contributed by atoms with E-state index in [4.69, 9.17) is 70.1 Å². The summed E-state index contributed by atoms with van der Waals surface area (Å²) in [4.78, 5) is 25.7. The van der Waals surface area contributed by atoms with Gasteiger partial charge in [0, 0.05) is 0 Å². The number of halogens is 4. The Morgan fingerprint density at radius 3 is 2.63 bits per heavy atom. The molecule has 0 radical (unpaired) electrons. The van der Waals surface area contributed by atoms with Gasteiger partial charge >= 0.3 is 11.9 Å². The van der Waals surface area contributed by atoms with Crippen LogP contribution in [0.4, 0.5) is 5.82 Å². The zero-order valence-electron chi connectivity index (χ0n) is 20.3. The third-order valence-corrected chi connectivity index (χ3v) is 7.29. The van der Waals surface area contributed by atoms with Crippen LogP contribution in [0.25, 0.3) is 11.0 Å². The van der Waals surface area contributed by atoms with Gasteiger partial charge in [-0.15, -0.1) is 5.10 Å². The highest BCUT2D eigenvalue weighted by atomic mass is 35.5. The van der Waals surface area contributed by atoms with Crippen LogP contribution >= 0.6 is 46.4 Å². The van der Waals surface area contributed by atoms with Crippen molar-refractivity contribution in [3.8, 4) is 0 Å². The minimum atomic E-state index is -1.31. The van der Waals surface area contributed by atoms with E-state index in [2.05, 4.69) is 20.5 Å². The molecular formula is C22H25Cl4N5O7. The first-order valence-corrected chi connectivity index (χ1v) is 13.7. The molecule has 0 bridgehead atoms. The van der Waals surface area contributed by atoms with Gasteiger partial charge in [-0.2, -0.15) is 5.10 Å². The van der Waals surface area contributed by atoms with Crippen molar-refractivity contribution in [3.05, 3.63) is 12.5 Å². The SMILES string of the molecule is CC1(C)O[C@@H]2C(COC(=O)C(Cl)Cl)OC(n3cnc4c(N[C@H]5CCC[C@@H]5OC(=O)C(Cl)Cl)nncc43)[C@@H]2O1. The number of fused-ring (bicyclic) bond motifs is 2. The Hall–Kier alpha value is -1.67. The second kappa shape index (κ2) is 11.1. The fraction of sp³-hybridized carbons (Fsp3) is 0.682. The number of esters is 2. The highest BCUT2D eigenvalue weighted by Gasteiger charge is 2.56. The van der Waals surface area contributed by atoms with Crippen molar-refractivity contribution in [1.29, 1.82) is 0 Å². The second-order valence-corrected chi connectivity index (χ2v) is 11.8. The summed E-state index contributed by atoms with van der Waals surface area (Å²) < 4.78 is 30.8. The third kappa shape index (κ3) is 5.63. The van der Waals surface area contributed by atoms with E-state index in [1.165, 1.54) is 0 Å². The second-order valence-electron chi connectivity index (χ2n) is 9.60. The molecule has 0 aromatic carbocycles. The number of ether oxygens (including phenoxy) is 5. The van der Waals surface area contributed by atoms with E-state index >= 15 is 0 Å². The Morgan fingerprint density at radius 1 is 1.16 bits per heavy atom. The predicted octanol–water partition coefficient (Wildman–Crippen LogP) is 3.27. The van der Waals surface area contributed by atoms with Gasteiger partial charge in [-0.1, -0.05) is 46.4 Å². The molecule has 6 atom stereocenters. The van der Waals surface area contributed by atoms with Gasteiger partial charge in [0.05, 0.1) is 24.1 Å². The molecular weight excluding hydrogens is 588 g/mol. The summed E-state index contributed by atoms with van der Waals surface area (Å²) in [6, 6.07) is -0.220. The van der Waals surface area contributed by atoms with Crippen LogP contribution in [-0.4, -0.2) is 84.2 Å². The first-order valence-electron chi connectivity index (χ1n) is 11.9. The van der Waals surface area contributed by atoms with Crippen LogP contribution in [0.5, 0.6) is 0 Å². The van der Waals surface area contributed by atoms with Gasteiger partial charge in [-0.05, 0) is 33.1 Å². The highest BCUT2D eigenvalue weighted by Crippen LogP contribution is 2.44. The average Bonchev–Trinajstić information content (AvgIpc) is 3.61. The fourth-order valence-electron chi connectivity index (χ4n) is 5.02. The molecule has 0 amide bonds. The van der Waals surface area contributed by atoms with Crippen molar-refractivity contribution >= 4 is 75.2 Å². The molecule has 4 heterocycles. The number of nitrogens with one attached hydrogen (secondary N) is 1. The van der Waals surface area contributed by atoms with Crippen molar-refractivity contribution in [2.75, 3.05) is 11.9 Å². The highest BCUT2D eigenvalue weighted by molar-refractivity contribution is 6.53. The van der Waals surface area contributed by atoms with Crippen molar-refractivity contribution in [1.82, 2.24) is 19.7 Å². The number of carbonyl (C=O) groups is 2. The van der Waals surface area contributed by atoms with Crippen LogP contribution in [-0.2, 0) is 33.3 Å². The molecule has 3 aliphatic rings. The van der Waals surface area contributed by atoms with Crippen molar-refractivity contribution in [2.45, 2.75) is 85.3 Å². The Morgan fingerprint density at radius 2 is 1.89 bits per heavy atom. The Kier molecular flexibility index (Phi) is 8.12. The minimum Gasteiger partial charge on any atom is -0.461 e. The maximum absolute atomic E-state index is 11.9. The van der Waals surface area contributed by atoms with Gasteiger partial charge in [0.15, 0.2) is 17.8 Å². The summed E-state index contributed by atoms with van der Waals surface area (Å²) in [5.41, 5.74) is 1.15. The number of alkyl halides is 4. The molecule has 208 valence electrons. The summed E-state index contributed by atoms with van der Waals surface area (Å²) >= 11 is 22.5. The molecule has 12 nitrogen and oxygen atoms in total. The molecule has 3 fully saturated rings. The molecule has 2 unspecified atom stereocenters. The van der Waals surface area contributed by atoms with Crippen LogP contribution in [0.15, 0.2) is 12.5 Å². The van der Waals surface area contributed by atoms with E-state index in [0.717, 1.165) is 12.8 Å². The first-order chi connectivity index (χ1) is 18.0. The summed E-state index contributed by atoms with van der Waals surface area (Å²) in [5, 5.41) is 11.7. The number of anilines is 1. The van der Waals surface area contributed by atoms with Crippen molar-refractivity contribution in [2.24, 2.45) is 0 Å². The number of hydrogen-bond donors (Lipinski definition) is 1. The molecule has 38 heavy (non-hydrogen) atoms. The lowest BCUT2D eigenvalue weighted by molar-refractivity contribution is -0.201. The van der Waals surface area contributed by atoms with E-state index in [1.807, 2.05) is 0 Å². The molecule has 2 aliphatic heterocycles. The van der Waals surface area contributed by atoms with E-state index in [-0.39, 0.29) is 12.6 Å². The normalized spacial score (nSPS) is 30.2. The lowest BCUT2D eigenvalue weighted by Gasteiger charge is -2.25. The van der Waals surface area contributed by atoms with E-state index < -0.39 is 58.0 Å². The van der Waals surface area contributed by atoms with Crippen LogP contribution in [0.2, 0.25) is 0 Å². The third-order valence-electron chi connectivity index (χ3n) is 6.58. The predicted molar refractivity (Wildman–Crippen MR) is 136 cm³/mol. The van der Waals surface area contributed by atoms with Gasteiger partial charge in [-0.3, -0.25) is 4.57 Å². The lowest BCUT2D eigenvalue weighted by Crippen LogP contribution is -2.34. The molecule has 1 N–H and O–H groups in total. The standard InChI is InChI=1S/C22H25Cl4N5O7/c1-22(2)37-14-12(7-34-20(32)16(23)24)35-19(15(14)38-22)31-8-27-13-10(31)6-28-30-18(13)29-9-4-3-5-11(9)36-21(33)17(25)26/h6,8-9,11-12,14-17,19H,3-5,7H2,1-2H3,(H,29,30)/t9-,11-,12?,14+,15+,19?/m0/s1. The van der Waals surface area contributed by atoms with Gasteiger partial charge < -0.3 is 29.0 Å². The van der Waals surface area contributed by atoms with Crippen molar-refractivity contribution in [3.63, 3.8) is 0 Å². The number of carbonyl (C=O) groups excluding carboxylic acids is 2.